The van der Waals surface area contributed by atoms with Crippen molar-refractivity contribution in [1.29, 1.82) is 0 Å². The molecule has 0 aromatic rings. The third-order valence-corrected chi connectivity index (χ3v) is 1.21. The molecule has 0 aliphatic heterocycles. The predicted octanol–water partition coefficient (Wildman–Crippen LogP) is -0.107. The van der Waals surface area contributed by atoms with Crippen molar-refractivity contribution >= 4 is 5.97 Å². The monoisotopic (exact) mass is 140 g/mol. The minimum atomic E-state index is -0.266. The quantitative estimate of drug-likeness (QED) is 0.408. The van der Waals surface area contributed by atoms with Crippen LogP contribution in [0.2, 0.25) is 0 Å². The molecule has 0 bridgehead atoms. The maximum Gasteiger partial charge on any atom is 0.322 e. The summed E-state index contributed by atoms with van der Waals surface area (Å²) in [6.07, 6.45) is 3.94. The zero-order valence-corrected chi connectivity index (χ0v) is 5.46. The van der Waals surface area contributed by atoms with Gasteiger partial charge in [0.25, 0.3) is 0 Å². The highest BCUT2D eigenvalue weighted by atomic mass is 16.5. The Bertz CT molecular complexity index is 183. The highest BCUT2D eigenvalue weighted by Gasteiger charge is 2.31. The van der Waals surface area contributed by atoms with E-state index < -0.39 is 0 Å². The second-order valence-electron chi connectivity index (χ2n) is 2.13. The molecule has 1 aliphatic carbocycles. The van der Waals surface area contributed by atoms with E-state index in [2.05, 4.69) is 16.8 Å². The molecule has 0 aromatic heterocycles. The van der Waals surface area contributed by atoms with Crippen LogP contribution in [-0.4, -0.2) is 17.7 Å². The van der Waals surface area contributed by atoms with Crippen LogP contribution in [0.25, 0.3) is 0 Å². The van der Waals surface area contributed by atoms with Crippen molar-refractivity contribution in [3.05, 3.63) is 0 Å². The molecule has 3 heteroatoms. The van der Waals surface area contributed by atoms with Gasteiger partial charge in [0.2, 0.25) is 0 Å². The van der Waals surface area contributed by atoms with Gasteiger partial charge in [-0.15, -0.1) is 0 Å². The topological polar surface area (TPSA) is 46.5 Å². The van der Waals surface area contributed by atoms with Crippen molar-refractivity contribution in [2.24, 2.45) is 5.92 Å². The van der Waals surface area contributed by atoms with Gasteiger partial charge in [-0.25, -0.2) is 0 Å². The van der Waals surface area contributed by atoms with Gasteiger partial charge in [-0.3, -0.25) is 4.79 Å². The predicted molar refractivity (Wildman–Crippen MR) is 33.7 cm³/mol. The van der Waals surface area contributed by atoms with Crippen LogP contribution in [0.4, 0.5) is 0 Å². The third-order valence-electron chi connectivity index (χ3n) is 1.21. The van der Waals surface area contributed by atoms with Crippen molar-refractivity contribution in [3.63, 3.8) is 0 Å². The summed E-state index contributed by atoms with van der Waals surface area (Å²) in [5.41, 5.74) is 0. The van der Waals surface area contributed by atoms with Gasteiger partial charge >= 0.3 is 5.97 Å². The summed E-state index contributed by atoms with van der Waals surface area (Å²) >= 11 is 0. The first-order chi connectivity index (χ1) is 4.84. The van der Waals surface area contributed by atoms with Gasteiger partial charge in [-0.1, -0.05) is 0 Å². The van der Waals surface area contributed by atoms with Gasteiger partial charge in [0.05, 0.1) is 5.92 Å². The SMILES string of the molecule is O=C(OC#CCO)C1CC1. The minimum absolute atomic E-state index is 0.0768. The Morgan fingerprint density at radius 2 is 2.40 bits per heavy atom. The molecular weight excluding hydrogens is 132 g/mol. The number of aliphatic hydroxyl groups excluding tert-OH is 1. The summed E-state index contributed by atoms with van der Waals surface area (Å²) < 4.78 is 4.45. The highest BCUT2D eigenvalue weighted by Crippen LogP contribution is 2.29. The largest absolute Gasteiger partial charge is 0.384 e. The molecule has 54 valence electrons. The van der Waals surface area contributed by atoms with Crippen LogP contribution >= 0.6 is 0 Å². The molecule has 0 aromatic carbocycles. The van der Waals surface area contributed by atoms with E-state index in [-0.39, 0.29) is 18.5 Å². The number of hydrogen-bond donors (Lipinski definition) is 1. The van der Waals surface area contributed by atoms with Crippen LogP contribution in [0, 0.1) is 17.9 Å². The first kappa shape index (κ1) is 7.10. The lowest BCUT2D eigenvalue weighted by Gasteiger charge is -1.88. The zero-order valence-electron chi connectivity index (χ0n) is 5.46. The van der Waals surface area contributed by atoms with E-state index in [1.165, 1.54) is 0 Å². The molecule has 0 unspecified atom stereocenters. The molecule has 1 rings (SSSR count). The second-order valence-corrected chi connectivity index (χ2v) is 2.13. The number of esters is 1. The molecule has 0 saturated heterocycles. The second kappa shape index (κ2) is 3.23. The Kier molecular flexibility index (Phi) is 2.30. The summed E-state index contributed by atoms with van der Waals surface area (Å²) in [5.74, 6) is 2.04. The van der Waals surface area contributed by atoms with E-state index in [0.29, 0.717) is 0 Å². The van der Waals surface area contributed by atoms with Crippen LogP contribution in [0.1, 0.15) is 12.8 Å². The van der Waals surface area contributed by atoms with Crippen LogP contribution in [0.5, 0.6) is 0 Å². The number of hydrogen-bond acceptors (Lipinski definition) is 3. The van der Waals surface area contributed by atoms with Gasteiger partial charge < -0.3 is 9.84 Å². The summed E-state index contributed by atoms with van der Waals surface area (Å²) in [5, 5.41) is 8.17. The third kappa shape index (κ3) is 2.08. The lowest BCUT2D eigenvalue weighted by atomic mass is 10.4. The number of ether oxygens (including phenoxy) is 1. The van der Waals surface area contributed by atoms with Crippen molar-refractivity contribution < 1.29 is 14.6 Å². The van der Waals surface area contributed by atoms with E-state index in [1.807, 2.05) is 0 Å². The molecule has 0 spiro atoms. The maximum absolute atomic E-state index is 10.7. The molecule has 10 heavy (non-hydrogen) atoms. The van der Waals surface area contributed by atoms with E-state index in [0.717, 1.165) is 12.8 Å². The lowest BCUT2D eigenvalue weighted by Crippen LogP contribution is -2.01. The fourth-order valence-corrected chi connectivity index (χ4v) is 0.521. The van der Waals surface area contributed by atoms with Crippen LogP contribution in [0.15, 0.2) is 0 Å². The summed E-state index contributed by atoms with van der Waals surface area (Å²) in [6.45, 7) is -0.266. The number of aliphatic hydroxyl groups is 1. The molecule has 1 aliphatic rings. The average Bonchev–Trinajstić information content (AvgIpc) is 2.69. The van der Waals surface area contributed by atoms with Gasteiger partial charge in [-0.05, 0) is 18.8 Å². The average molecular weight is 140 g/mol. The maximum atomic E-state index is 10.7. The molecule has 0 heterocycles. The lowest BCUT2D eigenvalue weighted by molar-refractivity contribution is -0.138. The number of carbonyl (C=O) groups excluding carboxylic acids is 1. The molecule has 1 saturated carbocycles. The van der Waals surface area contributed by atoms with Gasteiger partial charge in [0.15, 0.2) is 0 Å². The minimum Gasteiger partial charge on any atom is -0.384 e. The van der Waals surface area contributed by atoms with Crippen molar-refractivity contribution in [1.82, 2.24) is 0 Å². The normalized spacial score (nSPS) is 15.3. The molecule has 1 fully saturated rings. The molecular formula is C7H8O3. The Morgan fingerprint density at radius 1 is 1.70 bits per heavy atom. The molecule has 0 radical (unpaired) electrons. The van der Waals surface area contributed by atoms with Gasteiger partial charge in [0, 0.05) is 0 Å². The Morgan fingerprint density at radius 3 is 2.90 bits per heavy atom. The number of carbonyl (C=O) groups is 1. The zero-order chi connectivity index (χ0) is 7.40. The van der Waals surface area contributed by atoms with Crippen molar-refractivity contribution in [3.8, 4) is 12.0 Å². The van der Waals surface area contributed by atoms with Crippen molar-refractivity contribution in [2.75, 3.05) is 6.61 Å². The van der Waals surface area contributed by atoms with E-state index in [9.17, 15) is 4.79 Å². The number of rotatable bonds is 1. The summed E-state index contributed by atoms with van der Waals surface area (Å²) in [4.78, 5) is 10.7. The Balaban J connectivity index is 2.17. The Labute approximate surface area is 59.0 Å². The van der Waals surface area contributed by atoms with Crippen molar-refractivity contribution in [2.45, 2.75) is 12.8 Å². The first-order valence-electron chi connectivity index (χ1n) is 3.14. The molecule has 3 nitrogen and oxygen atoms in total. The Hall–Kier alpha value is -1.01. The standard InChI is InChI=1S/C7H8O3/c8-4-1-5-10-7(9)6-2-3-6/h6,8H,2-4H2. The van der Waals surface area contributed by atoms with Crippen LogP contribution < -0.4 is 0 Å². The highest BCUT2D eigenvalue weighted by molar-refractivity contribution is 5.75. The first-order valence-corrected chi connectivity index (χ1v) is 3.14. The fraction of sp³-hybridized carbons (Fsp3) is 0.571. The van der Waals surface area contributed by atoms with Crippen LogP contribution in [0.3, 0.4) is 0 Å². The van der Waals surface area contributed by atoms with Gasteiger partial charge in [-0.2, -0.15) is 0 Å². The summed E-state index contributed by atoms with van der Waals surface area (Å²) in [7, 11) is 0. The molecule has 0 amide bonds. The van der Waals surface area contributed by atoms with Crippen LogP contribution in [-0.2, 0) is 9.53 Å². The summed E-state index contributed by atoms with van der Waals surface area (Å²) in [6, 6.07) is 0. The molecule has 1 N–H and O–H groups in total. The molecule has 0 atom stereocenters. The fourth-order valence-electron chi connectivity index (χ4n) is 0.521. The van der Waals surface area contributed by atoms with E-state index in [4.69, 9.17) is 5.11 Å². The van der Waals surface area contributed by atoms with E-state index >= 15 is 0 Å². The van der Waals surface area contributed by atoms with E-state index in [1.54, 1.807) is 0 Å². The van der Waals surface area contributed by atoms with Gasteiger partial charge in [0.1, 0.15) is 12.7 Å². The smallest absolute Gasteiger partial charge is 0.322 e.